The zero-order valence-electron chi connectivity index (χ0n) is 56.9. The van der Waals surface area contributed by atoms with E-state index in [4.69, 9.17) is 0 Å². The molecule has 0 spiro atoms. The van der Waals surface area contributed by atoms with Crippen LogP contribution in [0.1, 0.15) is 164 Å². The maximum absolute atomic E-state index is 15.2. The van der Waals surface area contributed by atoms with Crippen molar-refractivity contribution < 1.29 is 57.8 Å². The quantitative estimate of drug-likeness (QED) is 0.147. The number of allylic oxidation sites excluding steroid dienone is 2. The van der Waals surface area contributed by atoms with Crippen LogP contribution in [0.25, 0.3) is 0 Å². The average molecular weight is 1220 g/mol. The van der Waals surface area contributed by atoms with Gasteiger partial charge in [-0.25, -0.2) is 0 Å². The molecule has 23 nitrogen and oxygen atoms in total. The summed E-state index contributed by atoms with van der Waals surface area (Å²) < 4.78 is 0. The lowest BCUT2D eigenvalue weighted by molar-refractivity contribution is -0.157. The largest absolute Gasteiger partial charge is 0.390 e. The van der Waals surface area contributed by atoms with Crippen molar-refractivity contribution in [3.05, 3.63) is 12.2 Å². The molecule has 0 aromatic carbocycles. The fourth-order valence-electron chi connectivity index (χ4n) is 11.1. The summed E-state index contributed by atoms with van der Waals surface area (Å²) in [6, 6.07) is -13.6. The van der Waals surface area contributed by atoms with Crippen LogP contribution in [0.4, 0.5) is 0 Å². The molecular weight excluding hydrogens is 1100 g/mol. The Hall–Kier alpha value is -6.13. The van der Waals surface area contributed by atoms with E-state index in [1.165, 1.54) is 92.5 Å². The molecule has 0 aromatic heterocycles. The molecule has 0 aromatic rings. The second-order valence-corrected chi connectivity index (χ2v) is 26.2. The molecule has 0 radical (unpaired) electrons. The number of amides is 11. The Labute approximate surface area is 515 Å². The minimum Gasteiger partial charge on any atom is -0.390 e. The zero-order valence-corrected chi connectivity index (χ0v) is 56.9. The first kappa shape index (κ1) is 77.9. The van der Waals surface area contributed by atoms with E-state index in [1.54, 1.807) is 75.3 Å². The fraction of sp³-hybridized carbons (Fsp3) is 0.794. The van der Waals surface area contributed by atoms with Crippen LogP contribution in [0.5, 0.6) is 0 Å². The third-order valence-corrected chi connectivity index (χ3v) is 16.6. The van der Waals surface area contributed by atoms with E-state index in [0.29, 0.717) is 6.42 Å². The second-order valence-electron chi connectivity index (χ2n) is 26.2. The lowest BCUT2D eigenvalue weighted by atomic mass is 9.91. The van der Waals surface area contributed by atoms with Crippen molar-refractivity contribution in [2.24, 2.45) is 41.4 Å². The first-order chi connectivity index (χ1) is 39.7. The van der Waals surface area contributed by atoms with Gasteiger partial charge in [0.05, 0.1) is 6.10 Å². The fourth-order valence-corrected chi connectivity index (χ4v) is 11.1. The molecule has 11 amide bonds. The van der Waals surface area contributed by atoms with E-state index in [9.17, 15) is 48.3 Å². The topological polar surface area (TPSA) is 279 Å². The van der Waals surface area contributed by atoms with Crippen LogP contribution in [0.2, 0.25) is 0 Å². The minimum atomic E-state index is -1.62. The van der Waals surface area contributed by atoms with E-state index in [0.717, 1.165) is 4.90 Å². The van der Waals surface area contributed by atoms with Crippen LogP contribution in [-0.2, 0) is 52.7 Å². The number of carbonyl (C=O) groups is 11. The van der Waals surface area contributed by atoms with E-state index in [2.05, 4.69) is 21.3 Å². The molecule has 492 valence electrons. The van der Waals surface area contributed by atoms with Gasteiger partial charge in [0.25, 0.3) is 0 Å². The number of nitrogens with zero attached hydrogens (tertiary/aromatic N) is 7. The molecule has 5 N–H and O–H groups in total. The molecule has 0 bridgehead atoms. The van der Waals surface area contributed by atoms with Gasteiger partial charge >= 0.3 is 0 Å². The zero-order chi connectivity index (χ0) is 66.8. The maximum Gasteiger partial charge on any atom is 0.246 e. The van der Waals surface area contributed by atoms with E-state index in [1.807, 2.05) is 47.6 Å². The third-order valence-electron chi connectivity index (χ3n) is 16.6. The first-order valence-electron chi connectivity index (χ1n) is 31.1. The van der Waals surface area contributed by atoms with Crippen molar-refractivity contribution in [2.45, 2.75) is 236 Å². The number of likely N-dealkylation sites (N-methyl/N-ethyl adjacent to an activating group) is 7. The molecule has 1 aliphatic heterocycles. The van der Waals surface area contributed by atoms with E-state index in [-0.39, 0.29) is 50.0 Å². The van der Waals surface area contributed by atoms with Crippen molar-refractivity contribution in [3.63, 3.8) is 0 Å². The summed E-state index contributed by atoms with van der Waals surface area (Å²) in [6.07, 6.45) is 2.87. The van der Waals surface area contributed by atoms with Gasteiger partial charge in [0.15, 0.2) is 0 Å². The van der Waals surface area contributed by atoms with Crippen LogP contribution < -0.4 is 21.3 Å². The smallest absolute Gasteiger partial charge is 0.246 e. The highest BCUT2D eigenvalue weighted by molar-refractivity contribution is 6.00. The molecule has 1 aliphatic rings. The Morgan fingerprint density at radius 1 is 0.442 bits per heavy atom. The predicted octanol–water partition coefficient (Wildman–Crippen LogP) is 3.66. The maximum atomic E-state index is 15.2. The number of aliphatic hydroxyl groups is 1. The number of nitrogens with one attached hydrogen (secondary N) is 4. The summed E-state index contributed by atoms with van der Waals surface area (Å²) in [7, 11) is 8.53. The monoisotopic (exact) mass is 1220 g/mol. The van der Waals surface area contributed by atoms with Crippen LogP contribution in [0, 0.1) is 41.4 Å². The Kier molecular flexibility index (Phi) is 31.7. The van der Waals surface area contributed by atoms with Crippen LogP contribution in [0.15, 0.2) is 12.2 Å². The minimum absolute atomic E-state index is 0.0109. The van der Waals surface area contributed by atoms with Gasteiger partial charge in [0, 0.05) is 48.8 Å². The number of carbonyl (C=O) groups excluding carboxylic acids is 11. The summed E-state index contributed by atoms with van der Waals surface area (Å²) in [5.41, 5.74) is 0. The Balaban J connectivity index is 4.39. The number of rotatable bonds is 15. The van der Waals surface area contributed by atoms with E-state index >= 15 is 9.59 Å². The van der Waals surface area contributed by atoms with Gasteiger partial charge in [-0.2, -0.15) is 0 Å². The van der Waals surface area contributed by atoms with Crippen LogP contribution in [0.3, 0.4) is 0 Å². The molecular formula is C63H113N11O12. The van der Waals surface area contributed by atoms with Gasteiger partial charge in [0.1, 0.15) is 66.5 Å². The summed E-state index contributed by atoms with van der Waals surface area (Å²) in [5.74, 6) is -10.1. The molecule has 1 rings (SSSR count). The molecule has 1 fully saturated rings. The lowest BCUT2D eigenvalue weighted by Crippen LogP contribution is -2.64. The molecule has 1 heterocycles. The molecule has 4 unspecified atom stereocenters. The van der Waals surface area contributed by atoms with Gasteiger partial charge < -0.3 is 60.7 Å². The van der Waals surface area contributed by atoms with Gasteiger partial charge in [-0.3, -0.25) is 52.7 Å². The summed E-state index contributed by atoms with van der Waals surface area (Å²) in [6.45, 7) is 32.8. The van der Waals surface area contributed by atoms with Gasteiger partial charge in [-0.1, -0.05) is 109 Å². The third kappa shape index (κ3) is 20.5. The number of aliphatic hydroxyl groups excluding tert-OH is 1. The SMILES string of the molecule is C/C=C/C[C@@H](C)[C@@H](O)[C@H]1C(=O)NC(CC)C(=O)N(C)[C@H](C)C(=O)N(CC)C(C(C)C)C(=O)N[C@@H](C(C)C)C(=O)N(C)[C@@H](CC(C)C)C(=O)N[C@@H](C)C(=O)NC(C)C(=O)N(C)[C@@H](CC(C)C)C(=O)N(C)C(CC(C)C)C(=O)N(C)[C@@H](C(C)C)C(=O)N1C. The number of hydrogen-bond acceptors (Lipinski definition) is 12. The summed E-state index contributed by atoms with van der Waals surface area (Å²) >= 11 is 0. The first-order valence-corrected chi connectivity index (χ1v) is 31.1. The Morgan fingerprint density at radius 3 is 1.31 bits per heavy atom. The average Bonchev–Trinajstić information content (AvgIpc) is 1.38. The van der Waals surface area contributed by atoms with Crippen molar-refractivity contribution >= 4 is 65.0 Å². The Bertz CT molecular complexity index is 2360. The van der Waals surface area contributed by atoms with Crippen molar-refractivity contribution in [1.82, 2.24) is 55.6 Å². The van der Waals surface area contributed by atoms with E-state index < -0.39 is 161 Å². The van der Waals surface area contributed by atoms with Gasteiger partial charge in [-0.15, -0.1) is 0 Å². The number of hydrogen-bond donors (Lipinski definition) is 5. The van der Waals surface area contributed by atoms with Crippen molar-refractivity contribution in [2.75, 3.05) is 48.8 Å². The van der Waals surface area contributed by atoms with Crippen LogP contribution >= 0.6 is 0 Å². The molecule has 86 heavy (non-hydrogen) atoms. The summed E-state index contributed by atoms with van der Waals surface area (Å²) in [4.78, 5) is 170. The van der Waals surface area contributed by atoms with Crippen LogP contribution in [-0.4, -0.2) is 226 Å². The van der Waals surface area contributed by atoms with Crippen molar-refractivity contribution in [1.29, 1.82) is 0 Å². The van der Waals surface area contributed by atoms with Crippen molar-refractivity contribution in [3.8, 4) is 0 Å². The highest BCUT2D eigenvalue weighted by Crippen LogP contribution is 2.26. The second kappa shape index (κ2) is 35.0. The Morgan fingerprint density at radius 2 is 0.872 bits per heavy atom. The van der Waals surface area contributed by atoms with Gasteiger partial charge in [-0.05, 0) is 108 Å². The lowest BCUT2D eigenvalue weighted by Gasteiger charge is -2.41. The normalized spacial score (nSPS) is 27.6. The molecule has 0 aliphatic carbocycles. The standard InChI is InChI=1S/C63H113N11O12/c1-26-29-30-40(16)52(75)51-56(79)66-44(27-2)59(82)68(20)43(19)58(81)74(28-3)49(38(12)13)55(78)67-48(37(10)11)62(85)69(21)45(31-34(4)5)54(77)64-41(17)53(76)65-42(18)57(80)70(22)46(32-35(6)7)60(83)71(23)47(33-36(8)9)61(84)72(24)50(39(14)15)63(86)73(51)25/h26,29,34-52,75H,27-28,30-33H2,1-25H3,(H,64,77)(H,65,76)(H,66,79)(H,67,78)/b29-26+/t40-,41+,42?,43-,44?,45+,46+,47?,48+,49?,50+,51+,52-/m1/s1. The predicted molar refractivity (Wildman–Crippen MR) is 333 cm³/mol. The van der Waals surface area contributed by atoms with Gasteiger partial charge in [0.2, 0.25) is 65.0 Å². The molecule has 0 saturated carbocycles. The summed E-state index contributed by atoms with van der Waals surface area (Å²) in [5, 5.41) is 23.2. The molecule has 23 heteroatoms. The highest BCUT2D eigenvalue weighted by Gasteiger charge is 2.46. The highest BCUT2D eigenvalue weighted by atomic mass is 16.3. The molecule has 13 atom stereocenters. The molecule has 1 saturated heterocycles.